The van der Waals surface area contributed by atoms with Crippen LogP contribution in [0.15, 0.2) is 25.3 Å². The van der Waals surface area contributed by atoms with Crippen LogP contribution in [-0.4, -0.2) is 37.1 Å². The molecule has 0 aliphatic carbocycles. The van der Waals surface area contributed by atoms with E-state index >= 15 is 0 Å². The van der Waals surface area contributed by atoms with Gasteiger partial charge in [0.2, 0.25) is 0 Å². The Morgan fingerprint density at radius 1 is 1.24 bits per heavy atom. The molecule has 0 fully saturated rings. The second-order valence-electron chi connectivity index (χ2n) is 5.44. The highest BCUT2D eigenvalue weighted by Crippen LogP contribution is 2.22. The van der Waals surface area contributed by atoms with Crippen LogP contribution in [0.3, 0.4) is 0 Å². The Bertz CT molecular complexity index is 211. The van der Waals surface area contributed by atoms with Crippen LogP contribution in [0.4, 0.5) is 0 Å². The molecule has 0 saturated carbocycles. The fourth-order valence-electron chi connectivity index (χ4n) is 1.92. The lowest BCUT2D eigenvalue weighted by atomic mass is 9.84. The Morgan fingerprint density at radius 3 is 2.18 bits per heavy atom. The average Bonchev–Trinajstić information content (AvgIpc) is 2.26. The van der Waals surface area contributed by atoms with Crippen molar-refractivity contribution < 1.29 is 0 Å². The zero-order valence-electron chi connectivity index (χ0n) is 12.1. The van der Waals surface area contributed by atoms with Gasteiger partial charge in [-0.2, -0.15) is 0 Å². The van der Waals surface area contributed by atoms with Crippen LogP contribution in [0.25, 0.3) is 0 Å². The maximum Gasteiger partial charge on any atom is 0.0164 e. The second kappa shape index (κ2) is 8.48. The summed E-state index contributed by atoms with van der Waals surface area (Å²) in [7, 11) is 0. The van der Waals surface area contributed by atoms with Crippen LogP contribution in [-0.2, 0) is 0 Å². The molecule has 0 aliphatic heterocycles. The topological polar surface area (TPSA) is 15.3 Å². The molecular formula is C15H30N2. The van der Waals surface area contributed by atoms with Gasteiger partial charge < -0.3 is 5.32 Å². The van der Waals surface area contributed by atoms with E-state index in [9.17, 15) is 0 Å². The van der Waals surface area contributed by atoms with E-state index in [1.807, 2.05) is 12.2 Å². The summed E-state index contributed by atoms with van der Waals surface area (Å²) in [5, 5.41) is 3.58. The molecule has 0 spiro atoms. The van der Waals surface area contributed by atoms with E-state index < -0.39 is 0 Å². The predicted octanol–water partition coefficient (Wildman–Crippen LogP) is 3.07. The van der Waals surface area contributed by atoms with Gasteiger partial charge in [-0.3, -0.25) is 4.90 Å². The van der Waals surface area contributed by atoms with Gasteiger partial charge in [0.1, 0.15) is 0 Å². The largest absolute Gasteiger partial charge is 0.314 e. The smallest absolute Gasteiger partial charge is 0.0164 e. The molecule has 2 heteroatoms. The van der Waals surface area contributed by atoms with Gasteiger partial charge in [-0.25, -0.2) is 0 Å². The van der Waals surface area contributed by atoms with Gasteiger partial charge in [-0.1, -0.05) is 32.9 Å². The van der Waals surface area contributed by atoms with Gasteiger partial charge in [0.15, 0.2) is 0 Å². The first-order valence-corrected chi connectivity index (χ1v) is 6.65. The summed E-state index contributed by atoms with van der Waals surface area (Å²) < 4.78 is 0. The number of nitrogens with one attached hydrogen (secondary N) is 1. The second-order valence-corrected chi connectivity index (χ2v) is 5.44. The molecule has 0 heterocycles. The predicted molar refractivity (Wildman–Crippen MR) is 78.4 cm³/mol. The molecule has 1 atom stereocenters. The van der Waals surface area contributed by atoms with E-state index in [1.54, 1.807) is 0 Å². The first-order valence-electron chi connectivity index (χ1n) is 6.65. The van der Waals surface area contributed by atoms with E-state index in [2.05, 4.69) is 51.1 Å². The fourth-order valence-corrected chi connectivity index (χ4v) is 1.92. The minimum Gasteiger partial charge on any atom is -0.314 e. The third-order valence-corrected chi connectivity index (χ3v) is 3.28. The van der Waals surface area contributed by atoms with Gasteiger partial charge in [0.25, 0.3) is 0 Å². The molecule has 0 rings (SSSR count). The van der Waals surface area contributed by atoms with Crippen LogP contribution < -0.4 is 5.32 Å². The molecule has 100 valence electrons. The molecular weight excluding hydrogens is 208 g/mol. The summed E-state index contributed by atoms with van der Waals surface area (Å²) in [5.41, 5.74) is 0.251. The van der Waals surface area contributed by atoms with E-state index in [4.69, 9.17) is 0 Å². The van der Waals surface area contributed by atoms with E-state index in [1.165, 1.54) is 6.42 Å². The van der Waals surface area contributed by atoms with Crippen LogP contribution in [0, 0.1) is 5.41 Å². The van der Waals surface area contributed by atoms with Crippen LogP contribution in [0.2, 0.25) is 0 Å². The summed E-state index contributed by atoms with van der Waals surface area (Å²) >= 11 is 0. The van der Waals surface area contributed by atoms with Gasteiger partial charge in [-0.05, 0) is 25.3 Å². The summed E-state index contributed by atoms with van der Waals surface area (Å²) in [6, 6.07) is 0.514. The van der Waals surface area contributed by atoms with Crippen molar-refractivity contribution in [2.75, 3.05) is 26.2 Å². The molecule has 1 unspecified atom stereocenters. The lowest BCUT2D eigenvalue weighted by Crippen LogP contribution is -2.47. The molecule has 0 amide bonds. The van der Waals surface area contributed by atoms with Crippen molar-refractivity contribution in [1.29, 1.82) is 0 Å². The molecule has 0 aliphatic rings. The molecule has 0 aromatic heterocycles. The van der Waals surface area contributed by atoms with Gasteiger partial charge >= 0.3 is 0 Å². The van der Waals surface area contributed by atoms with E-state index in [-0.39, 0.29) is 5.41 Å². The molecule has 0 bridgehead atoms. The normalized spacial score (nSPS) is 13.7. The minimum absolute atomic E-state index is 0.251. The highest BCUT2D eigenvalue weighted by Gasteiger charge is 2.27. The monoisotopic (exact) mass is 238 g/mol. The maximum absolute atomic E-state index is 3.82. The molecule has 0 aromatic rings. The zero-order chi connectivity index (χ0) is 13.3. The highest BCUT2D eigenvalue weighted by molar-refractivity contribution is 4.88. The zero-order valence-corrected chi connectivity index (χ0v) is 12.1. The van der Waals surface area contributed by atoms with Gasteiger partial charge in [0.05, 0.1) is 0 Å². The number of hydrogen-bond donors (Lipinski definition) is 1. The van der Waals surface area contributed by atoms with Gasteiger partial charge in [0, 0.05) is 25.7 Å². The lowest BCUT2D eigenvalue weighted by molar-refractivity contribution is 0.163. The van der Waals surface area contributed by atoms with E-state index in [0.29, 0.717) is 6.04 Å². The molecule has 2 nitrogen and oxygen atoms in total. The number of hydrogen-bond acceptors (Lipinski definition) is 2. The summed E-state index contributed by atoms with van der Waals surface area (Å²) in [5.74, 6) is 0. The van der Waals surface area contributed by atoms with Crippen LogP contribution in [0.1, 0.15) is 34.1 Å². The van der Waals surface area contributed by atoms with Crippen molar-refractivity contribution in [2.24, 2.45) is 5.41 Å². The Kier molecular flexibility index (Phi) is 8.19. The molecule has 0 saturated heterocycles. The fraction of sp³-hybridized carbons (Fsp3) is 0.733. The lowest BCUT2D eigenvalue weighted by Gasteiger charge is -2.37. The van der Waals surface area contributed by atoms with E-state index in [0.717, 1.165) is 26.2 Å². The van der Waals surface area contributed by atoms with Crippen molar-refractivity contribution in [3.63, 3.8) is 0 Å². The minimum atomic E-state index is 0.251. The Balaban J connectivity index is 4.34. The van der Waals surface area contributed by atoms with Crippen LogP contribution in [0.5, 0.6) is 0 Å². The van der Waals surface area contributed by atoms with Crippen molar-refractivity contribution in [3.8, 4) is 0 Å². The molecule has 0 radical (unpaired) electrons. The number of nitrogens with zero attached hydrogens (tertiary/aromatic N) is 1. The maximum atomic E-state index is 3.82. The van der Waals surface area contributed by atoms with Crippen LogP contribution >= 0.6 is 0 Å². The highest BCUT2D eigenvalue weighted by atomic mass is 15.1. The third-order valence-electron chi connectivity index (χ3n) is 3.28. The molecule has 1 N–H and O–H groups in total. The third kappa shape index (κ3) is 6.64. The molecule has 0 aromatic carbocycles. The summed E-state index contributed by atoms with van der Waals surface area (Å²) in [4.78, 5) is 2.38. The SMILES string of the molecule is C=CCN(CC=C)CC(C)(C)C(C)NCCC. The first-order chi connectivity index (χ1) is 7.97. The van der Waals surface area contributed by atoms with Crippen molar-refractivity contribution in [3.05, 3.63) is 25.3 Å². The Morgan fingerprint density at radius 2 is 1.76 bits per heavy atom. The Hall–Kier alpha value is -0.600. The van der Waals surface area contributed by atoms with Crippen molar-refractivity contribution in [1.82, 2.24) is 10.2 Å². The first kappa shape index (κ1) is 16.4. The summed E-state index contributed by atoms with van der Waals surface area (Å²) in [6.07, 6.45) is 5.11. The Labute approximate surface area is 108 Å². The standard InChI is InChI=1S/C15H30N2/c1-7-10-16-14(4)15(5,6)13-17(11-8-2)12-9-3/h8-9,14,16H,2-3,7,10-13H2,1,4-6H3. The van der Waals surface area contributed by atoms with Crippen molar-refractivity contribution >= 4 is 0 Å². The quantitative estimate of drug-likeness (QED) is 0.588. The number of rotatable bonds is 10. The average molecular weight is 238 g/mol. The van der Waals surface area contributed by atoms with Crippen molar-refractivity contribution in [2.45, 2.75) is 40.2 Å². The van der Waals surface area contributed by atoms with Gasteiger partial charge in [-0.15, -0.1) is 13.2 Å². The summed E-state index contributed by atoms with van der Waals surface area (Å²) in [6.45, 7) is 20.7. The molecule has 17 heavy (non-hydrogen) atoms.